The van der Waals surface area contributed by atoms with E-state index in [4.69, 9.17) is 4.74 Å². The minimum Gasteiger partial charge on any atom is -0.380 e. The van der Waals surface area contributed by atoms with Crippen molar-refractivity contribution in [2.24, 2.45) is 0 Å². The fraction of sp³-hybridized carbons (Fsp3) is 0.643. The van der Waals surface area contributed by atoms with Crippen LogP contribution in [0.5, 0.6) is 0 Å². The van der Waals surface area contributed by atoms with Gasteiger partial charge in [-0.25, -0.2) is 0 Å². The van der Waals surface area contributed by atoms with Crippen molar-refractivity contribution in [1.29, 1.82) is 0 Å². The van der Waals surface area contributed by atoms with Crippen LogP contribution in [0, 0.1) is 0 Å². The molecule has 2 atom stereocenters. The topological polar surface area (TPSA) is 34.1 Å². The van der Waals surface area contributed by atoms with Crippen LogP contribution in [0.4, 0.5) is 0 Å². The maximum Gasteiger partial charge on any atom is 0.0724 e. The van der Waals surface area contributed by atoms with E-state index >= 15 is 0 Å². The van der Waals surface area contributed by atoms with Gasteiger partial charge >= 0.3 is 0 Å². The third-order valence-corrected chi connectivity index (χ3v) is 3.55. The average Bonchev–Trinajstić information content (AvgIpc) is 2.40. The van der Waals surface area contributed by atoms with Gasteiger partial charge in [0.1, 0.15) is 0 Å². The first kappa shape index (κ1) is 12.5. The lowest BCUT2D eigenvalue weighted by Crippen LogP contribution is -2.43. The minimum atomic E-state index is 0.401. The van der Waals surface area contributed by atoms with Gasteiger partial charge in [0, 0.05) is 25.5 Å². The van der Waals surface area contributed by atoms with E-state index in [-0.39, 0.29) is 0 Å². The van der Waals surface area contributed by atoms with Gasteiger partial charge in [0.15, 0.2) is 0 Å². The molecule has 1 fully saturated rings. The molecule has 0 spiro atoms. The molecule has 0 saturated heterocycles. The smallest absolute Gasteiger partial charge is 0.0724 e. The molecule has 2 unspecified atom stereocenters. The summed E-state index contributed by atoms with van der Waals surface area (Å²) in [6.07, 6.45) is 10.3. The summed E-state index contributed by atoms with van der Waals surface area (Å²) in [4.78, 5) is 4.13. The summed E-state index contributed by atoms with van der Waals surface area (Å²) in [6, 6.07) is 4.66. The van der Waals surface area contributed by atoms with Crippen LogP contribution in [-0.2, 0) is 11.2 Å². The first-order valence-corrected chi connectivity index (χ1v) is 6.55. The van der Waals surface area contributed by atoms with E-state index in [9.17, 15) is 0 Å². The molecule has 1 aromatic heterocycles. The maximum atomic E-state index is 5.53. The van der Waals surface area contributed by atoms with Gasteiger partial charge in [-0.3, -0.25) is 4.98 Å². The Kier molecular flexibility index (Phi) is 4.95. The molecule has 0 radical (unpaired) electrons. The van der Waals surface area contributed by atoms with E-state index in [2.05, 4.69) is 16.4 Å². The molecule has 0 aliphatic heterocycles. The van der Waals surface area contributed by atoms with Crippen LogP contribution in [0.15, 0.2) is 24.5 Å². The second kappa shape index (κ2) is 6.72. The van der Waals surface area contributed by atoms with Crippen molar-refractivity contribution in [2.45, 2.75) is 44.2 Å². The number of hydrogen-bond acceptors (Lipinski definition) is 3. The molecule has 0 amide bonds. The molecule has 94 valence electrons. The standard InChI is InChI=1S/C14H22N2O/c1-17-14-7-3-2-6-13(14)16-10-8-12-5-4-9-15-11-12/h4-5,9,11,13-14,16H,2-3,6-8,10H2,1H3. The maximum absolute atomic E-state index is 5.53. The number of aromatic nitrogens is 1. The number of nitrogens with one attached hydrogen (secondary N) is 1. The van der Waals surface area contributed by atoms with Gasteiger partial charge in [0.25, 0.3) is 0 Å². The highest BCUT2D eigenvalue weighted by atomic mass is 16.5. The highest BCUT2D eigenvalue weighted by molar-refractivity contribution is 5.08. The third-order valence-electron chi connectivity index (χ3n) is 3.55. The highest BCUT2D eigenvalue weighted by Gasteiger charge is 2.23. The van der Waals surface area contributed by atoms with Crippen molar-refractivity contribution in [3.8, 4) is 0 Å². The van der Waals surface area contributed by atoms with E-state index in [0.29, 0.717) is 12.1 Å². The summed E-state index contributed by atoms with van der Waals surface area (Å²) >= 11 is 0. The lowest BCUT2D eigenvalue weighted by molar-refractivity contribution is 0.0421. The molecule has 2 rings (SSSR count). The molecule has 1 saturated carbocycles. The van der Waals surface area contributed by atoms with Crippen LogP contribution < -0.4 is 5.32 Å². The van der Waals surface area contributed by atoms with Crippen molar-refractivity contribution in [2.75, 3.05) is 13.7 Å². The van der Waals surface area contributed by atoms with Gasteiger partial charge < -0.3 is 10.1 Å². The summed E-state index contributed by atoms with van der Waals surface area (Å²) in [7, 11) is 1.83. The zero-order chi connectivity index (χ0) is 11.9. The van der Waals surface area contributed by atoms with Gasteiger partial charge in [0.05, 0.1) is 6.10 Å². The predicted octanol–water partition coefficient (Wildman–Crippen LogP) is 2.17. The van der Waals surface area contributed by atoms with E-state index in [1.807, 2.05) is 25.6 Å². The lowest BCUT2D eigenvalue weighted by atomic mass is 9.92. The van der Waals surface area contributed by atoms with E-state index in [1.165, 1.54) is 31.2 Å². The summed E-state index contributed by atoms with van der Waals surface area (Å²) in [5.41, 5.74) is 1.30. The molecular formula is C14H22N2O. The van der Waals surface area contributed by atoms with Crippen molar-refractivity contribution in [1.82, 2.24) is 10.3 Å². The van der Waals surface area contributed by atoms with Crippen LogP contribution in [0.25, 0.3) is 0 Å². The molecule has 1 aromatic rings. The molecule has 1 N–H and O–H groups in total. The fourth-order valence-electron chi connectivity index (χ4n) is 2.56. The van der Waals surface area contributed by atoms with Gasteiger partial charge in [-0.2, -0.15) is 0 Å². The van der Waals surface area contributed by atoms with Crippen molar-refractivity contribution in [3.05, 3.63) is 30.1 Å². The van der Waals surface area contributed by atoms with Crippen molar-refractivity contribution in [3.63, 3.8) is 0 Å². The predicted molar refractivity (Wildman–Crippen MR) is 69.0 cm³/mol. The molecule has 17 heavy (non-hydrogen) atoms. The zero-order valence-corrected chi connectivity index (χ0v) is 10.6. The number of ether oxygens (including phenoxy) is 1. The second-order valence-electron chi connectivity index (χ2n) is 4.73. The third kappa shape index (κ3) is 3.79. The molecule has 0 aromatic carbocycles. The summed E-state index contributed by atoms with van der Waals surface area (Å²) in [5, 5.41) is 3.62. The summed E-state index contributed by atoms with van der Waals surface area (Å²) in [6.45, 7) is 1.01. The molecule has 3 nitrogen and oxygen atoms in total. The lowest BCUT2D eigenvalue weighted by Gasteiger charge is -2.31. The van der Waals surface area contributed by atoms with Crippen LogP contribution in [0.3, 0.4) is 0 Å². The number of methoxy groups -OCH3 is 1. The summed E-state index contributed by atoms with van der Waals surface area (Å²) in [5.74, 6) is 0. The highest BCUT2D eigenvalue weighted by Crippen LogP contribution is 2.20. The monoisotopic (exact) mass is 234 g/mol. The van der Waals surface area contributed by atoms with Gasteiger partial charge in [0.2, 0.25) is 0 Å². The van der Waals surface area contributed by atoms with Crippen LogP contribution in [0.2, 0.25) is 0 Å². The van der Waals surface area contributed by atoms with Crippen molar-refractivity contribution >= 4 is 0 Å². The molecule has 1 aliphatic carbocycles. The SMILES string of the molecule is COC1CCCCC1NCCc1cccnc1. The van der Waals surface area contributed by atoms with Gasteiger partial charge in [-0.1, -0.05) is 18.9 Å². The van der Waals surface area contributed by atoms with Crippen LogP contribution >= 0.6 is 0 Å². The summed E-state index contributed by atoms with van der Waals surface area (Å²) < 4.78 is 5.53. The van der Waals surface area contributed by atoms with Gasteiger partial charge in [-0.15, -0.1) is 0 Å². The molecule has 1 aliphatic rings. The van der Waals surface area contributed by atoms with Crippen LogP contribution in [-0.4, -0.2) is 30.8 Å². The molecule has 1 heterocycles. The Hall–Kier alpha value is -0.930. The molecule has 0 bridgehead atoms. The number of nitrogens with zero attached hydrogens (tertiary/aromatic N) is 1. The first-order valence-electron chi connectivity index (χ1n) is 6.55. The van der Waals surface area contributed by atoms with Gasteiger partial charge in [-0.05, 0) is 37.4 Å². The Morgan fingerprint density at radius 1 is 1.41 bits per heavy atom. The second-order valence-corrected chi connectivity index (χ2v) is 4.73. The zero-order valence-electron chi connectivity index (χ0n) is 10.6. The Morgan fingerprint density at radius 3 is 3.06 bits per heavy atom. The number of pyridine rings is 1. The van der Waals surface area contributed by atoms with E-state index in [0.717, 1.165) is 13.0 Å². The fourth-order valence-corrected chi connectivity index (χ4v) is 2.56. The average molecular weight is 234 g/mol. The Bertz CT molecular complexity index is 315. The normalized spacial score (nSPS) is 24.8. The minimum absolute atomic E-state index is 0.401. The first-order chi connectivity index (χ1) is 8.40. The Labute approximate surface area is 104 Å². The largest absolute Gasteiger partial charge is 0.380 e. The van der Waals surface area contributed by atoms with Crippen molar-refractivity contribution < 1.29 is 4.74 Å². The molecule has 3 heteroatoms. The molecular weight excluding hydrogens is 212 g/mol. The number of rotatable bonds is 5. The Balaban J connectivity index is 1.74. The van der Waals surface area contributed by atoms with E-state index in [1.54, 1.807) is 0 Å². The Morgan fingerprint density at radius 2 is 2.29 bits per heavy atom. The van der Waals surface area contributed by atoms with Crippen LogP contribution in [0.1, 0.15) is 31.2 Å². The number of hydrogen-bond donors (Lipinski definition) is 1. The quantitative estimate of drug-likeness (QED) is 0.848. The van der Waals surface area contributed by atoms with E-state index < -0.39 is 0 Å².